The van der Waals surface area contributed by atoms with Crippen LogP contribution in [-0.4, -0.2) is 9.66 Å². The minimum atomic E-state index is -0.359. The Morgan fingerprint density at radius 1 is 1.22 bits per heavy atom. The number of anilines is 1. The highest BCUT2D eigenvalue weighted by Gasteiger charge is 2.25. The van der Waals surface area contributed by atoms with Crippen molar-refractivity contribution in [2.45, 2.75) is 26.2 Å². The fourth-order valence-electron chi connectivity index (χ4n) is 1.83. The summed E-state index contributed by atoms with van der Waals surface area (Å²) in [6.45, 7) is 5.93. The van der Waals surface area contributed by atoms with Crippen LogP contribution in [0, 0.1) is 5.82 Å². The standard InChI is InChI=1S/C13H17FN4/c1-13(2,3)12-17-10(11(15)18(12)16)8-6-4-5-7-9(8)14/h4-7H,15-16H2,1-3H3. The van der Waals surface area contributed by atoms with Crippen LogP contribution in [0.4, 0.5) is 10.2 Å². The van der Waals surface area contributed by atoms with Crippen molar-refractivity contribution < 1.29 is 4.39 Å². The van der Waals surface area contributed by atoms with Crippen LogP contribution in [0.2, 0.25) is 0 Å². The van der Waals surface area contributed by atoms with E-state index < -0.39 is 0 Å². The van der Waals surface area contributed by atoms with Gasteiger partial charge in [0.05, 0.1) is 0 Å². The van der Waals surface area contributed by atoms with E-state index in [-0.39, 0.29) is 17.1 Å². The Morgan fingerprint density at radius 2 is 1.83 bits per heavy atom. The third kappa shape index (κ3) is 1.92. The van der Waals surface area contributed by atoms with Gasteiger partial charge in [0, 0.05) is 11.0 Å². The Hall–Kier alpha value is -2.04. The first-order chi connectivity index (χ1) is 8.32. The molecule has 0 spiro atoms. The maximum absolute atomic E-state index is 13.7. The number of benzene rings is 1. The van der Waals surface area contributed by atoms with Gasteiger partial charge in [0.25, 0.3) is 0 Å². The van der Waals surface area contributed by atoms with E-state index in [0.29, 0.717) is 17.1 Å². The van der Waals surface area contributed by atoms with Gasteiger partial charge in [-0.15, -0.1) is 0 Å². The summed E-state index contributed by atoms with van der Waals surface area (Å²) in [5.74, 6) is 6.42. The fraction of sp³-hybridized carbons (Fsp3) is 0.308. The first-order valence-corrected chi connectivity index (χ1v) is 5.71. The molecule has 1 aromatic heterocycles. The molecule has 0 saturated heterocycles. The molecule has 4 N–H and O–H groups in total. The maximum Gasteiger partial charge on any atom is 0.150 e. The Balaban J connectivity index is 2.65. The van der Waals surface area contributed by atoms with Crippen molar-refractivity contribution in [2.24, 2.45) is 0 Å². The number of nitrogens with zero attached hydrogens (tertiary/aromatic N) is 2. The summed E-state index contributed by atoms with van der Waals surface area (Å²) < 4.78 is 15.1. The lowest BCUT2D eigenvalue weighted by atomic mass is 9.96. The number of hydrogen-bond donors (Lipinski definition) is 2. The van der Waals surface area contributed by atoms with Crippen LogP contribution in [0.15, 0.2) is 24.3 Å². The highest BCUT2D eigenvalue weighted by atomic mass is 19.1. The summed E-state index contributed by atoms with van der Waals surface area (Å²) in [5, 5.41) is 0. The average molecular weight is 248 g/mol. The molecule has 5 heteroatoms. The lowest BCUT2D eigenvalue weighted by molar-refractivity contribution is 0.532. The molecule has 0 unspecified atom stereocenters. The zero-order valence-electron chi connectivity index (χ0n) is 10.7. The van der Waals surface area contributed by atoms with Crippen LogP contribution < -0.4 is 11.6 Å². The van der Waals surface area contributed by atoms with Gasteiger partial charge in [-0.1, -0.05) is 32.9 Å². The van der Waals surface area contributed by atoms with Crippen molar-refractivity contribution >= 4 is 5.82 Å². The first kappa shape index (κ1) is 12.4. The van der Waals surface area contributed by atoms with Crippen LogP contribution in [0.5, 0.6) is 0 Å². The molecule has 4 nitrogen and oxygen atoms in total. The number of rotatable bonds is 1. The largest absolute Gasteiger partial charge is 0.382 e. The minimum absolute atomic E-state index is 0.258. The molecule has 2 rings (SSSR count). The van der Waals surface area contributed by atoms with Gasteiger partial charge in [-0.05, 0) is 12.1 Å². The van der Waals surface area contributed by atoms with E-state index in [1.807, 2.05) is 20.8 Å². The lowest BCUT2D eigenvalue weighted by Crippen LogP contribution is -2.24. The summed E-state index contributed by atoms with van der Waals surface area (Å²) in [5.41, 5.74) is 6.41. The van der Waals surface area contributed by atoms with E-state index in [0.717, 1.165) is 0 Å². The quantitative estimate of drug-likeness (QED) is 0.761. The van der Waals surface area contributed by atoms with E-state index >= 15 is 0 Å². The molecule has 0 bridgehead atoms. The molecule has 0 saturated carbocycles. The Bertz CT molecular complexity index is 581. The smallest absolute Gasteiger partial charge is 0.150 e. The van der Waals surface area contributed by atoms with Gasteiger partial charge in [0.2, 0.25) is 0 Å². The van der Waals surface area contributed by atoms with Crippen molar-refractivity contribution in [1.82, 2.24) is 9.66 Å². The van der Waals surface area contributed by atoms with E-state index in [1.54, 1.807) is 18.2 Å². The van der Waals surface area contributed by atoms with Gasteiger partial charge in [-0.2, -0.15) is 0 Å². The van der Waals surface area contributed by atoms with Crippen LogP contribution in [0.3, 0.4) is 0 Å². The summed E-state index contributed by atoms with van der Waals surface area (Å²) in [4.78, 5) is 4.38. The van der Waals surface area contributed by atoms with Gasteiger partial charge in [0.1, 0.15) is 17.3 Å². The summed E-state index contributed by atoms with van der Waals surface area (Å²) in [6.07, 6.45) is 0. The number of nitrogen functional groups attached to an aromatic ring is 2. The highest BCUT2D eigenvalue weighted by Crippen LogP contribution is 2.31. The topological polar surface area (TPSA) is 69.9 Å². The zero-order valence-corrected chi connectivity index (χ0v) is 10.7. The molecule has 0 amide bonds. The average Bonchev–Trinajstić information content (AvgIpc) is 2.57. The second kappa shape index (κ2) is 4.01. The first-order valence-electron chi connectivity index (χ1n) is 5.71. The monoisotopic (exact) mass is 248 g/mol. The van der Waals surface area contributed by atoms with Crippen LogP contribution in [0.1, 0.15) is 26.6 Å². The van der Waals surface area contributed by atoms with E-state index in [4.69, 9.17) is 11.6 Å². The molecule has 0 fully saturated rings. The Morgan fingerprint density at radius 3 is 2.33 bits per heavy atom. The molecule has 0 aliphatic carbocycles. The van der Waals surface area contributed by atoms with Crippen molar-refractivity contribution in [3.63, 3.8) is 0 Å². The zero-order chi connectivity index (χ0) is 13.5. The molecule has 0 aliphatic rings. The third-order valence-electron chi connectivity index (χ3n) is 2.75. The molecule has 0 atom stereocenters. The van der Waals surface area contributed by atoms with Crippen LogP contribution in [0.25, 0.3) is 11.3 Å². The minimum Gasteiger partial charge on any atom is -0.382 e. The van der Waals surface area contributed by atoms with Crippen molar-refractivity contribution in [2.75, 3.05) is 11.6 Å². The van der Waals surface area contributed by atoms with E-state index in [1.165, 1.54) is 10.7 Å². The molecule has 96 valence electrons. The van der Waals surface area contributed by atoms with E-state index in [9.17, 15) is 4.39 Å². The summed E-state index contributed by atoms with van der Waals surface area (Å²) in [7, 11) is 0. The third-order valence-corrected chi connectivity index (χ3v) is 2.75. The van der Waals surface area contributed by atoms with Crippen molar-refractivity contribution in [3.05, 3.63) is 35.9 Å². The molecule has 1 heterocycles. The van der Waals surface area contributed by atoms with Gasteiger partial charge < -0.3 is 11.6 Å². The van der Waals surface area contributed by atoms with Gasteiger partial charge in [-0.3, -0.25) is 0 Å². The van der Waals surface area contributed by atoms with Gasteiger partial charge >= 0.3 is 0 Å². The molecule has 2 aromatic rings. The van der Waals surface area contributed by atoms with Crippen molar-refractivity contribution in [3.8, 4) is 11.3 Å². The number of aromatic nitrogens is 2. The Labute approximate surface area is 105 Å². The highest BCUT2D eigenvalue weighted by molar-refractivity contribution is 5.71. The maximum atomic E-state index is 13.7. The molecular weight excluding hydrogens is 231 g/mol. The second-order valence-corrected chi connectivity index (χ2v) is 5.27. The lowest BCUT2D eigenvalue weighted by Gasteiger charge is -2.17. The Kier molecular flexibility index (Phi) is 2.77. The number of nitrogens with two attached hydrogens (primary N) is 2. The molecule has 0 radical (unpaired) electrons. The SMILES string of the molecule is CC(C)(C)c1nc(-c2ccccc2F)c(N)n1N. The molecule has 1 aromatic carbocycles. The number of halogens is 1. The van der Waals surface area contributed by atoms with Gasteiger partial charge in [-0.25, -0.2) is 14.1 Å². The van der Waals surface area contributed by atoms with Crippen LogP contribution >= 0.6 is 0 Å². The predicted octanol–water partition coefficient (Wildman–Crippen LogP) is 2.28. The number of hydrogen-bond acceptors (Lipinski definition) is 3. The van der Waals surface area contributed by atoms with Gasteiger partial charge in [0.15, 0.2) is 5.82 Å². The normalized spacial score (nSPS) is 11.8. The number of imidazole rings is 1. The predicted molar refractivity (Wildman–Crippen MR) is 70.9 cm³/mol. The second-order valence-electron chi connectivity index (χ2n) is 5.27. The summed E-state index contributed by atoms with van der Waals surface area (Å²) in [6, 6.07) is 6.38. The summed E-state index contributed by atoms with van der Waals surface area (Å²) >= 11 is 0. The molecule has 18 heavy (non-hydrogen) atoms. The molecule has 0 aliphatic heterocycles. The van der Waals surface area contributed by atoms with E-state index in [2.05, 4.69) is 4.98 Å². The fourth-order valence-corrected chi connectivity index (χ4v) is 1.83. The van der Waals surface area contributed by atoms with Crippen molar-refractivity contribution in [1.29, 1.82) is 0 Å². The van der Waals surface area contributed by atoms with Crippen LogP contribution in [-0.2, 0) is 5.41 Å². The molecular formula is C13H17FN4.